The fourth-order valence-corrected chi connectivity index (χ4v) is 2.37. The fourth-order valence-electron chi connectivity index (χ4n) is 2.37. The smallest absolute Gasteiger partial charge is 0.238 e. The average Bonchev–Trinajstić information content (AvgIpc) is 3.37. The molecule has 8 heteroatoms. The predicted molar refractivity (Wildman–Crippen MR) is 96.8 cm³/mol. The molecule has 0 bridgehead atoms. The Hall–Kier alpha value is -3.16. The molecule has 8 nitrogen and oxygen atoms in total. The lowest BCUT2D eigenvalue weighted by molar-refractivity contribution is -0.121. The summed E-state index contributed by atoms with van der Waals surface area (Å²) in [5.74, 6) is 1.74. The van der Waals surface area contributed by atoms with E-state index in [-0.39, 0.29) is 12.3 Å². The molecule has 0 spiro atoms. The van der Waals surface area contributed by atoms with Crippen LogP contribution >= 0.6 is 0 Å². The number of aryl methyl sites for hydroxylation is 1. The second-order valence-corrected chi connectivity index (χ2v) is 5.94. The molecule has 3 aromatic rings. The molecule has 142 valence electrons. The van der Waals surface area contributed by atoms with Gasteiger partial charge >= 0.3 is 0 Å². The van der Waals surface area contributed by atoms with Gasteiger partial charge in [-0.1, -0.05) is 24.6 Å². The number of rotatable bonds is 10. The molecule has 0 saturated heterocycles. The molecular formula is C19H22N4O4. The molecule has 0 aliphatic carbocycles. The van der Waals surface area contributed by atoms with Crippen molar-refractivity contribution in [2.24, 2.45) is 0 Å². The first-order valence-corrected chi connectivity index (χ1v) is 8.96. The van der Waals surface area contributed by atoms with Crippen molar-refractivity contribution in [1.29, 1.82) is 0 Å². The van der Waals surface area contributed by atoms with Gasteiger partial charge in [0.15, 0.2) is 5.76 Å². The fraction of sp³-hybridized carbons (Fsp3) is 0.368. The molecule has 1 N–H and O–H groups in total. The number of carbonyl (C=O) groups excluding carboxylic acids is 1. The van der Waals surface area contributed by atoms with Crippen LogP contribution in [0.25, 0.3) is 11.6 Å². The minimum absolute atomic E-state index is 0.115. The van der Waals surface area contributed by atoms with E-state index in [2.05, 4.69) is 27.4 Å². The van der Waals surface area contributed by atoms with E-state index in [9.17, 15) is 4.79 Å². The van der Waals surface area contributed by atoms with Crippen LogP contribution in [-0.2, 0) is 17.8 Å². The number of nitrogens with zero attached hydrogens (tertiary/aromatic N) is 3. The van der Waals surface area contributed by atoms with Gasteiger partial charge in [-0.15, -0.1) is 0 Å². The Bertz CT molecular complexity index is 845. The summed E-state index contributed by atoms with van der Waals surface area (Å²) in [7, 11) is 0. The van der Waals surface area contributed by atoms with Crippen LogP contribution in [0.2, 0.25) is 0 Å². The van der Waals surface area contributed by atoms with E-state index in [1.165, 1.54) is 6.26 Å². The second-order valence-electron chi connectivity index (χ2n) is 5.94. The topological polar surface area (TPSA) is 103 Å². The van der Waals surface area contributed by atoms with Gasteiger partial charge in [-0.2, -0.15) is 4.98 Å². The first-order valence-electron chi connectivity index (χ1n) is 8.96. The van der Waals surface area contributed by atoms with E-state index in [1.807, 2.05) is 12.1 Å². The minimum Gasteiger partial charge on any atom is -0.477 e. The van der Waals surface area contributed by atoms with Crippen molar-refractivity contribution in [3.05, 3.63) is 48.2 Å². The lowest BCUT2D eigenvalue weighted by atomic mass is 10.2. The minimum atomic E-state index is -0.115. The number of carbonyl (C=O) groups is 1. The Balaban J connectivity index is 1.46. The van der Waals surface area contributed by atoms with Crippen molar-refractivity contribution in [3.8, 4) is 17.5 Å². The first kappa shape index (κ1) is 18.6. The van der Waals surface area contributed by atoms with Gasteiger partial charge in [0, 0.05) is 31.1 Å². The van der Waals surface area contributed by atoms with Crippen molar-refractivity contribution in [2.45, 2.75) is 39.2 Å². The van der Waals surface area contributed by atoms with Crippen molar-refractivity contribution in [2.75, 3.05) is 6.61 Å². The quantitative estimate of drug-likeness (QED) is 0.547. The third-order valence-corrected chi connectivity index (χ3v) is 3.84. The zero-order valence-corrected chi connectivity index (χ0v) is 15.2. The third-order valence-electron chi connectivity index (χ3n) is 3.84. The van der Waals surface area contributed by atoms with Gasteiger partial charge in [-0.3, -0.25) is 4.79 Å². The number of nitrogens with one attached hydrogen (secondary N) is 1. The number of amides is 1. The maximum absolute atomic E-state index is 12.1. The van der Waals surface area contributed by atoms with Crippen LogP contribution in [0.1, 0.15) is 37.6 Å². The monoisotopic (exact) mass is 370 g/mol. The molecule has 0 radical (unpaired) electrons. The van der Waals surface area contributed by atoms with Crippen molar-refractivity contribution < 1.29 is 18.5 Å². The molecule has 0 aliphatic rings. The Morgan fingerprint density at radius 1 is 1.30 bits per heavy atom. The van der Waals surface area contributed by atoms with E-state index < -0.39 is 0 Å². The van der Waals surface area contributed by atoms with Crippen molar-refractivity contribution in [3.63, 3.8) is 0 Å². The third kappa shape index (κ3) is 5.40. The average molecular weight is 370 g/mol. The Morgan fingerprint density at radius 3 is 3.04 bits per heavy atom. The number of furan rings is 1. The summed E-state index contributed by atoms with van der Waals surface area (Å²) in [6, 6.07) is 7.21. The van der Waals surface area contributed by atoms with Crippen LogP contribution in [0.4, 0.5) is 0 Å². The summed E-state index contributed by atoms with van der Waals surface area (Å²) >= 11 is 0. The van der Waals surface area contributed by atoms with Gasteiger partial charge in [-0.25, -0.2) is 4.98 Å². The largest absolute Gasteiger partial charge is 0.477 e. The van der Waals surface area contributed by atoms with Gasteiger partial charge in [-0.05, 0) is 24.6 Å². The van der Waals surface area contributed by atoms with Crippen molar-refractivity contribution in [1.82, 2.24) is 20.4 Å². The predicted octanol–water partition coefficient (Wildman–Crippen LogP) is 3.15. The lowest BCUT2D eigenvalue weighted by Gasteiger charge is -2.10. The summed E-state index contributed by atoms with van der Waals surface area (Å²) in [4.78, 5) is 20.6. The van der Waals surface area contributed by atoms with Crippen molar-refractivity contribution >= 4 is 5.91 Å². The number of unbranched alkanes of at least 4 members (excludes halogenated alkanes) is 1. The lowest BCUT2D eigenvalue weighted by Crippen LogP contribution is -2.23. The highest BCUT2D eigenvalue weighted by Gasteiger charge is 2.13. The van der Waals surface area contributed by atoms with E-state index in [1.54, 1.807) is 18.3 Å². The van der Waals surface area contributed by atoms with Gasteiger partial charge in [0.1, 0.15) is 0 Å². The molecule has 0 unspecified atom stereocenters. The van der Waals surface area contributed by atoms with E-state index in [0.29, 0.717) is 42.9 Å². The maximum Gasteiger partial charge on any atom is 0.238 e. The molecule has 0 atom stereocenters. The summed E-state index contributed by atoms with van der Waals surface area (Å²) < 4.78 is 16.0. The first-order chi connectivity index (χ1) is 13.3. The maximum atomic E-state index is 12.1. The molecule has 3 aromatic heterocycles. The molecular weight excluding hydrogens is 348 g/mol. The van der Waals surface area contributed by atoms with Gasteiger partial charge in [0.05, 0.1) is 12.9 Å². The van der Waals surface area contributed by atoms with Crippen LogP contribution in [0.3, 0.4) is 0 Å². The van der Waals surface area contributed by atoms with Crippen LogP contribution in [-0.4, -0.2) is 27.6 Å². The van der Waals surface area contributed by atoms with Gasteiger partial charge in [0.25, 0.3) is 0 Å². The van der Waals surface area contributed by atoms with Crippen LogP contribution < -0.4 is 10.1 Å². The summed E-state index contributed by atoms with van der Waals surface area (Å²) in [5.41, 5.74) is 0.847. The number of hydrogen-bond donors (Lipinski definition) is 1. The number of ether oxygens (including phenoxy) is 1. The Morgan fingerprint density at radius 2 is 2.22 bits per heavy atom. The summed E-state index contributed by atoms with van der Waals surface area (Å²) in [5, 5.41) is 6.71. The Labute approximate surface area is 156 Å². The molecule has 1 amide bonds. The number of aromatic nitrogens is 3. The molecule has 0 aliphatic heterocycles. The highest BCUT2D eigenvalue weighted by Crippen LogP contribution is 2.17. The standard InChI is InChI=1S/C19H22N4O4/c1-2-3-11-26-19-14(6-4-10-20-19)13-21-16(24)8-9-17-22-18(23-27-17)15-7-5-12-25-15/h4-7,10,12H,2-3,8-9,11,13H2,1H3,(H,21,24). The molecule has 3 rings (SSSR count). The second kappa shape index (κ2) is 9.51. The summed E-state index contributed by atoms with van der Waals surface area (Å²) in [6.45, 7) is 3.07. The van der Waals surface area contributed by atoms with Crippen LogP contribution in [0.5, 0.6) is 5.88 Å². The highest BCUT2D eigenvalue weighted by atomic mass is 16.5. The van der Waals surface area contributed by atoms with Crippen LogP contribution in [0.15, 0.2) is 45.7 Å². The SMILES string of the molecule is CCCCOc1ncccc1CNC(=O)CCc1nc(-c2ccco2)no1. The van der Waals surface area contributed by atoms with E-state index in [0.717, 1.165) is 18.4 Å². The highest BCUT2D eigenvalue weighted by molar-refractivity contribution is 5.76. The van der Waals surface area contributed by atoms with Gasteiger partial charge < -0.3 is 19.0 Å². The van der Waals surface area contributed by atoms with Gasteiger partial charge in [0.2, 0.25) is 23.5 Å². The van der Waals surface area contributed by atoms with E-state index in [4.69, 9.17) is 13.7 Å². The van der Waals surface area contributed by atoms with Crippen LogP contribution in [0, 0.1) is 0 Å². The Kier molecular flexibility index (Phi) is 6.56. The molecule has 0 fully saturated rings. The normalized spacial score (nSPS) is 10.7. The molecule has 0 aromatic carbocycles. The number of hydrogen-bond acceptors (Lipinski definition) is 7. The summed E-state index contributed by atoms with van der Waals surface area (Å²) in [6.07, 6.45) is 5.83. The molecule has 0 saturated carbocycles. The number of pyridine rings is 1. The zero-order valence-electron chi connectivity index (χ0n) is 15.2. The van der Waals surface area contributed by atoms with E-state index >= 15 is 0 Å². The molecule has 3 heterocycles. The molecule has 27 heavy (non-hydrogen) atoms. The zero-order chi connectivity index (χ0) is 18.9.